The van der Waals surface area contributed by atoms with Crippen molar-refractivity contribution in [1.82, 2.24) is 0 Å². The summed E-state index contributed by atoms with van der Waals surface area (Å²) in [7, 11) is 0. The first kappa shape index (κ1) is 11.2. The molecule has 4 rings (SSSR count). The number of hydrogen-bond acceptors (Lipinski definition) is 2. The summed E-state index contributed by atoms with van der Waals surface area (Å²) in [6.45, 7) is 0. The van der Waals surface area contributed by atoms with E-state index in [1.165, 1.54) is 0 Å². The maximum atomic E-state index is 12.6. The number of alkyl halides is 3. The Hall–Kier alpha value is 0.100. The lowest BCUT2D eigenvalue weighted by Gasteiger charge is -2.59. The highest BCUT2D eigenvalue weighted by molar-refractivity contribution is 8.01. The van der Waals surface area contributed by atoms with Gasteiger partial charge in [0.1, 0.15) is 0 Å². The van der Waals surface area contributed by atoms with Gasteiger partial charge >= 0.3 is 5.51 Å². The highest BCUT2D eigenvalue weighted by Crippen LogP contribution is 2.64. The molecule has 0 amide bonds. The molecule has 4 aliphatic rings. The Kier molecular flexibility index (Phi) is 2.17. The van der Waals surface area contributed by atoms with Gasteiger partial charge in [-0.1, -0.05) is 0 Å². The minimum atomic E-state index is -4.16. The minimum absolute atomic E-state index is 0.153. The van der Waals surface area contributed by atoms with Crippen LogP contribution in [-0.4, -0.2) is 21.0 Å². The zero-order valence-corrected chi connectivity index (χ0v) is 9.70. The Morgan fingerprint density at radius 1 is 1.06 bits per heavy atom. The van der Waals surface area contributed by atoms with Crippen molar-refractivity contribution in [3.63, 3.8) is 0 Å². The molecular weight excluding hydrogens is 237 g/mol. The van der Waals surface area contributed by atoms with Gasteiger partial charge in [-0.3, -0.25) is 0 Å². The number of hydrogen-bond donors (Lipinski definition) is 1. The zero-order chi connectivity index (χ0) is 11.6. The lowest BCUT2D eigenvalue weighted by atomic mass is 9.54. The van der Waals surface area contributed by atoms with Crippen molar-refractivity contribution in [1.29, 1.82) is 0 Å². The van der Waals surface area contributed by atoms with E-state index in [0.717, 1.165) is 19.3 Å². The normalized spacial score (nSPS) is 51.0. The van der Waals surface area contributed by atoms with Gasteiger partial charge in [-0.25, -0.2) is 0 Å². The highest BCUT2D eigenvalue weighted by atomic mass is 32.2. The molecule has 0 saturated heterocycles. The predicted octanol–water partition coefficient (Wildman–Crippen LogP) is 3.32. The van der Waals surface area contributed by atoms with Gasteiger partial charge in [0.25, 0.3) is 0 Å². The third-order valence-electron chi connectivity index (χ3n) is 4.31. The van der Waals surface area contributed by atoms with Crippen LogP contribution in [0.5, 0.6) is 0 Å². The van der Waals surface area contributed by atoms with Crippen LogP contribution in [0.1, 0.15) is 38.5 Å². The molecular formula is C11H15F3OS. The first-order valence-electron chi connectivity index (χ1n) is 5.77. The van der Waals surface area contributed by atoms with Crippen LogP contribution in [0.2, 0.25) is 0 Å². The van der Waals surface area contributed by atoms with E-state index in [1.807, 2.05) is 0 Å². The van der Waals surface area contributed by atoms with Gasteiger partial charge in [0.05, 0.1) is 5.60 Å². The predicted molar refractivity (Wildman–Crippen MR) is 56.0 cm³/mol. The summed E-state index contributed by atoms with van der Waals surface area (Å²) in [5.74, 6) is 0.641. The maximum Gasteiger partial charge on any atom is 0.442 e. The third kappa shape index (κ3) is 1.86. The van der Waals surface area contributed by atoms with Crippen LogP contribution in [0.4, 0.5) is 13.2 Å². The van der Waals surface area contributed by atoms with Gasteiger partial charge in [0, 0.05) is 4.75 Å². The Balaban J connectivity index is 1.86. The van der Waals surface area contributed by atoms with Crippen LogP contribution < -0.4 is 0 Å². The molecule has 0 aromatic heterocycles. The van der Waals surface area contributed by atoms with Crippen molar-refractivity contribution in [2.75, 3.05) is 0 Å². The van der Waals surface area contributed by atoms with Crippen LogP contribution in [0.3, 0.4) is 0 Å². The summed E-state index contributed by atoms with van der Waals surface area (Å²) in [5, 5.41) is 10.3. The quantitative estimate of drug-likeness (QED) is 0.772. The van der Waals surface area contributed by atoms with Crippen molar-refractivity contribution < 1.29 is 18.3 Å². The van der Waals surface area contributed by atoms with E-state index in [2.05, 4.69) is 0 Å². The van der Waals surface area contributed by atoms with Crippen molar-refractivity contribution in [2.45, 2.75) is 54.4 Å². The van der Waals surface area contributed by atoms with Gasteiger partial charge in [-0.2, -0.15) is 13.2 Å². The molecule has 1 N–H and O–H groups in total. The monoisotopic (exact) mass is 252 g/mol. The SMILES string of the molecule is OC12C[C@H]3C[C@@H](C1)CC(SC(F)(F)F)(C3)C2. The van der Waals surface area contributed by atoms with Crippen LogP contribution in [0, 0.1) is 11.8 Å². The molecule has 5 heteroatoms. The summed E-state index contributed by atoms with van der Waals surface area (Å²) in [6.07, 6.45) is 4.12. The Morgan fingerprint density at radius 3 is 2.06 bits per heavy atom. The van der Waals surface area contributed by atoms with Crippen molar-refractivity contribution in [3.8, 4) is 0 Å². The second-order valence-corrected chi connectivity index (χ2v) is 7.45. The molecule has 0 heterocycles. The topological polar surface area (TPSA) is 20.2 Å². The lowest BCUT2D eigenvalue weighted by Crippen LogP contribution is -2.58. The molecule has 0 aromatic rings. The van der Waals surface area contributed by atoms with Gasteiger partial charge in [0.2, 0.25) is 0 Å². The molecule has 2 unspecified atom stereocenters. The molecule has 4 bridgehead atoms. The summed E-state index contributed by atoms with van der Waals surface area (Å²) in [6, 6.07) is 0. The Morgan fingerprint density at radius 2 is 1.62 bits per heavy atom. The maximum absolute atomic E-state index is 12.6. The number of rotatable bonds is 1. The molecule has 4 saturated carbocycles. The summed E-state index contributed by atoms with van der Waals surface area (Å²) < 4.78 is 37.0. The fraction of sp³-hybridized carbons (Fsp3) is 1.00. The van der Waals surface area contributed by atoms with Crippen LogP contribution in [-0.2, 0) is 0 Å². The van der Waals surface area contributed by atoms with E-state index in [0.29, 0.717) is 31.1 Å². The van der Waals surface area contributed by atoms with E-state index in [-0.39, 0.29) is 11.8 Å². The van der Waals surface area contributed by atoms with Crippen LogP contribution in [0.25, 0.3) is 0 Å². The fourth-order valence-corrected chi connectivity index (χ4v) is 5.97. The minimum Gasteiger partial charge on any atom is -0.390 e. The number of aliphatic hydroxyl groups is 1. The van der Waals surface area contributed by atoms with E-state index in [1.54, 1.807) is 0 Å². The van der Waals surface area contributed by atoms with Gasteiger partial charge in [-0.05, 0) is 62.1 Å². The largest absolute Gasteiger partial charge is 0.442 e. The number of thioether (sulfide) groups is 1. The molecule has 4 aliphatic carbocycles. The zero-order valence-electron chi connectivity index (χ0n) is 8.89. The third-order valence-corrected chi connectivity index (χ3v) is 5.45. The molecule has 4 atom stereocenters. The van der Waals surface area contributed by atoms with Gasteiger partial charge in [0.15, 0.2) is 0 Å². The Labute approximate surface area is 96.8 Å². The van der Waals surface area contributed by atoms with E-state index in [9.17, 15) is 18.3 Å². The summed E-state index contributed by atoms with van der Waals surface area (Å²) >= 11 is 0.153. The fourth-order valence-electron chi connectivity index (χ4n) is 4.50. The second kappa shape index (κ2) is 3.10. The van der Waals surface area contributed by atoms with E-state index >= 15 is 0 Å². The van der Waals surface area contributed by atoms with Crippen LogP contribution in [0.15, 0.2) is 0 Å². The van der Waals surface area contributed by atoms with E-state index in [4.69, 9.17) is 0 Å². The Bertz CT molecular complexity index is 297. The molecule has 0 aliphatic heterocycles. The highest BCUT2D eigenvalue weighted by Gasteiger charge is 2.60. The first-order chi connectivity index (χ1) is 7.28. The van der Waals surface area contributed by atoms with Crippen molar-refractivity contribution >= 4 is 11.8 Å². The smallest absolute Gasteiger partial charge is 0.390 e. The van der Waals surface area contributed by atoms with E-state index < -0.39 is 15.9 Å². The summed E-state index contributed by atoms with van der Waals surface area (Å²) in [5.41, 5.74) is -4.95. The van der Waals surface area contributed by atoms with Gasteiger partial charge < -0.3 is 5.11 Å². The van der Waals surface area contributed by atoms with Crippen LogP contribution >= 0.6 is 11.8 Å². The van der Waals surface area contributed by atoms with Gasteiger partial charge in [-0.15, -0.1) is 0 Å². The molecule has 16 heavy (non-hydrogen) atoms. The molecule has 4 fully saturated rings. The molecule has 0 aromatic carbocycles. The molecule has 0 spiro atoms. The lowest BCUT2D eigenvalue weighted by molar-refractivity contribution is -0.116. The summed E-state index contributed by atoms with van der Waals surface area (Å²) in [4.78, 5) is 0. The standard InChI is InChI=1S/C11H15F3OS/c12-11(13,14)16-10-4-7-1-8(5-10)3-9(15,2-7)6-10/h7-8,15H,1-6H2/t7-,8+,9?,10?. The molecule has 0 radical (unpaired) electrons. The average Bonchev–Trinajstić information content (AvgIpc) is 1.91. The average molecular weight is 252 g/mol. The number of halogens is 3. The van der Waals surface area contributed by atoms with Crippen molar-refractivity contribution in [2.24, 2.45) is 11.8 Å². The second-order valence-electron chi connectivity index (χ2n) is 5.92. The first-order valence-corrected chi connectivity index (χ1v) is 6.59. The van der Waals surface area contributed by atoms with Crippen molar-refractivity contribution in [3.05, 3.63) is 0 Å². The molecule has 92 valence electrons. The molecule has 1 nitrogen and oxygen atoms in total.